The van der Waals surface area contributed by atoms with Crippen molar-refractivity contribution in [3.8, 4) is 0 Å². The summed E-state index contributed by atoms with van der Waals surface area (Å²) in [5.41, 5.74) is 1.74. The highest BCUT2D eigenvalue weighted by atomic mass is 79.9. The number of benzene rings is 1. The van der Waals surface area contributed by atoms with Crippen LogP contribution in [0.2, 0.25) is 0 Å². The van der Waals surface area contributed by atoms with E-state index >= 15 is 0 Å². The van der Waals surface area contributed by atoms with Crippen molar-refractivity contribution >= 4 is 37.7 Å². The quantitative estimate of drug-likeness (QED) is 0.485. The van der Waals surface area contributed by atoms with Crippen LogP contribution in [0.1, 0.15) is 18.9 Å². The van der Waals surface area contributed by atoms with Crippen LogP contribution >= 0.6 is 15.9 Å². The SMILES string of the molecule is C[n+]1cccc2c(Br)cc3c(=O)n(C4CCOCC4)cnc3c21. The maximum atomic E-state index is 13.0. The van der Waals surface area contributed by atoms with Crippen LogP contribution in [0.3, 0.4) is 0 Å². The van der Waals surface area contributed by atoms with Gasteiger partial charge in [0.05, 0.1) is 17.1 Å². The Morgan fingerprint density at radius 1 is 1.35 bits per heavy atom. The highest BCUT2D eigenvalue weighted by molar-refractivity contribution is 9.10. The lowest BCUT2D eigenvalue weighted by atomic mass is 10.1. The molecule has 118 valence electrons. The van der Waals surface area contributed by atoms with E-state index in [1.165, 1.54) is 0 Å². The minimum Gasteiger partial charge on any atom is -0.381 e. The summed E-state index contributed by atoms with van der Waals surface area (Å²) in [6.45, 7) is 1.40. The Balaban J connectivity index is 2.03. The van der Waals surface area contributed by atoms with Gasteiger partial charge in [0.25, 0.3) is 5.56 Å². The standard InChI is InChI=1S/C17H17BrN3O2/c1-20-6-2-3-12-14(18)9-13-15(16(12)20)19-10-21(17(13)22)11-4-7-23-8-5-11/h2-3,6,9-11H,4-5,7-8H2,1H3/q+1. The summed E-state index contributed by atoms with van der Waals surface area (Å²) in [5, 5.41) is 1.71. The van der Waals surface area contributed by atoms with Crippen LogP contribution < -0.4 is 10.1 Å². The van der Waals surface area contributed by atoms with Gasteiger partial charge in [-0.1, -0.05) is 0 Å². The summed E-state index contributed by atoms with van der Waals surface area (Å²) >= 11 is 3.60. The van der Waals surface area contributed by atoms with Crippen LogP contribution in [0, 0.1) is 0 Å². The van der Waals surface area contributed by atoms with Crippen LogP contribution in [-0.2, 0) is 11.8 Å². The molecule has 0 spiro atoms. The highest BCUT2D eigenvalue weighted by Crippen LogP contribution is 2.28. The van der Waals surface area contributed by atoms with Crippen LogP contribution in [0.5, 0.6) is 0 Å². The number of hydrogen-bond donors (Lipinski definition) is 0. The topological polar surface area (TPSA) is 48.0 Å². The number of nitrogens with zero attached hydrogens (tertiary/aromatic N) is 3. The first kappa shape index (κ1) is 14.8. The van der Waals surface area contributed by atoms with Crippen LogP contribution in [0.4, 0.5) is 0 Å². The van der Waals surface area contributed by atoms with Gasteiger partial charge in [-0.15, -0.1) is 0 Å². The molecule has 0 amide bonds. The first-order valence-electron chi connectivity index (χ1n) is 7.72. The molecule has 0 saturated carbocycles. The molecule has 2 aromatic heterocycles. The molecule has 6 heteroatoms. The van der Waals surface area contributed by atoms with Gasteiger partial charge in [-0.2, -0.15) is 4.57 Å². The number of aromatic nitrogens is 3. The second kappa shape index (κ2) is 5.69. The van der Waals surface area contributed by atoms with Crippen LogP contribution in [-0.4, -0.2) is 22.8 Å². The number of hydrogen-bond acceptors (Lipinski definition) is 3. The van der Waals surface area contributed by atoms with Gasteiger partial charge in [0, 0.05) is 29.8 Å². The lowest BCUT2D eigenvalue weighted by Crippen LogP contribution is -2.31. The maximum Gasteiger partial charge on any atom is 0.261 e. The monoisotopic (exact) mass is 374 g/mol. The fourth-order valence-electron chi connectivity index (χ4n) is 3.33. The van der Waals surface area contributed by atoms with Gasteiger partial charge in [0.15, 0.2) is 6.20 Å². The van der Waals surface area contributed by atoms with Crippen LogP contribution in [0.25, 0.3) is 21.8 Å². The van der Waals surface area contributed by atoms with Crippen molar-refractivity contribution in [3.63, 3.8) is 0 Å². The Morgan fingerprint density at radius 2 is 2.13 bits per heavy atom. The zero-order valence-electron chi connectivity index (χ0n) is 12.8. The van der Waals surface area contributed by atoms with E-state index in [1.807, 2.05) is 36.0 Å². The molecule has 4 rings (SSSR count). The Bertz CT molecular complexity index is 961. The van der Waals surface area contributed by atoms with Gasteiger partial charge in [-0.05, 0) is 40.9 Å². The smallest absolute Gasteiger partial charge is 0.261 e. The minimum absolute atomic E-state index is 0.0216. The minimum atomic E-state index is 0.0216. The van der Waals surface area contributed by atoms with E-state index in [-0.39, 0.29) is 11.6 Å². The molecular formula is C17H17BrN3O2+. The Kier molecular flexibility index (Phi) is 3.66. The zero-order chi connectivity index (χ0) is 16.0. The van der Waals surface area contributed by atoms with Crippen molar-refractivity contribution < 1.29 is 9.30 Å². The predicted molar refractivity (Wildman–Crippen MR) is 91.5 cm³/mol. The van der Waals surface area contributed by atoms with Gasteiger partial charge >= 0.3 is 0 Å². The summed E-state index contributed by atoms with van der Waals surface area (Å²) < 4.78 is 10.1. The average Bonchev–Trinajstić information content (AvgIpc) is 2.57. The molecule has 5 nitrogen and oxygen atoms in total. The van der Waals surface area contributed by atoms with Crippen molar-refractivity contribution in [2.75, 3.05) is 13.2 Å². The molecule has 1 aliphatic heterocycles. The number of aryl methyl sites for hydroxylation is 1. The molecule has 3 heterocycles. The fraction of sp³-hybridized carbons (Fsp3) is 0.353. The van der Waals surface area contributed by atoms with Crippen LogP contribution in [0.15, 0.2) is 40.0 Å². The molecule has 0 aliphatic carbocycles. The third kappa shape index (κ3) is 2.37. The second-order valence-electron chi connectivity index (χ2n) is 5.94. The third-order valence-electron chi connectivity index (χ3n) is 4.55. The molecule has 0 atom stereocenters. The third-order valence-corrected chi connectivity index (χ3v) is 5.20. The van der Waals surface area contributed by atoms with E-state index in [9.17, 15) is 4.79 Å². The maximum absolute atomic E-state index is 13.0. The molecule has 0 radical (unpaired) electrons. The first-order valence-corrected chi connectivity index (χ1v) is 8.51. The first-order chi connectivity index (χ1) is 11.2. The van der Waals surface area contributed by atoms with Gasteiger partial charge < -0.3 is 4.74 Å². The number of rotatable bonds is 1. The highest BCUT2D eigenvalue weighted by Gasteiger charge is 2.21. The Labute approximate surface area is 141 Å². The van der Waals surface area contributed by atoms with Gasteiger partial charge in [0.2, 0.25) is 5.52 Å². The summed E-state index contributed by atoms with van der Waals surface area (Å²) in [7, 11) is 1.97. The van der Waals surface area contributed by atoms with E-state index in [2.05, 4.69) is 20.9 Å². The average molecular weight is 375 g/mol. The summed E-state index contributed by atoms with van der Waals surface area (Å²) in [6, 6.07) is 6.09. The van der Waals surface area contributed by atoms with E-state index in [0.717, 1.165) is 33.7 Å². The number of pyridine rings is 1. The fourth-order valence-corrected chi connectivity index (χ4v) is 3.88. The lowest BCUT2D eigenvalue weighted by Gasteiger charge is -2.24. The lowest BCUT2D eigenvalue weighted by molar-refractivity contribution is -0.644. The molecule has 1 aromatic carbocycles. The summed E-state index contributed by atoms with van der Waals surface area (Å²) in [6.07, 6.45) is 5.38. The van der Waals surface area contributed by atoms with Gasteiger partial charge in [0.1, 0.15) is 12.6 Å². The van der Waals surface area contributed by atoms with Crippen molar-refractivity contribution in [3.05, 3.63) is 45.5 Å². The normalized spacial score (nSPS) is 16.3. The summed E-state index contributed by atoms with van der Waals surface area (Å²) in [4.78, 5) is 17.6. The number of ether oxygens (including phenoxy) is 1. The Morgan fingerprint density at radius 3 is 2.91 bits per heavy atom. The largest absolute Gasteiger partial charge is 0.381 e. The van der Waals surface area contributed by atoms with Crippen molar-refractivity contribution in [2.24, 2.45) is 7.05 Å². The molecular weight excluding hydrogens is 358 g/mol. The van der Waals surface area contributed by atoms with Crippen molar-refractivity contribution in [2.45, 2.75) is 18.9 Å². The number of halogens is 1. The van der Waals surface area contributed by atoms with E-state index in [0.29, 0.717) is 18.6 Å². The summed E-state index contributed by atoms with van der Waals surface area (Å²) in [5.74, 6) is 0. The molecule has 1 aliphatic rings. The molecule has 0 unspecified atom stereocenters. The Hall–Kier alpha value is -1.79. The molecule has 0 N–H and O–H groups in total. The zero-order valence-corrected chi connectivity index (χ0v) is 14.4. The molecule has 1 saturated heterocycles. The molecule has 1 fully saturated rings. The van der Waals surface area contributed by atoms with Crippen molar-refractivity contribution in [1.29, 1.82) is 0 Å². The van der Waals surface area contributed by atoms with Gasteiger partial charge in [-0.3, -0.25) is 9.36 Å². The van der Waals surface area contributed by atoms with E-state index in [1.54, 1.807) is 10.9 Å². The van der Waals surface area contributed by atoms with E-state index in [4.69, 9.17) is 4.74 Å². The van der Waals surface area contributed by atoms with Crippen molar-refractivity contribution in [1.82, 2.24) is 9.55 Å². The molecule has 0 bridgehead atoms. The van der Waals surface area contributed by atoms with E-state index < -0.39 is 0 Å². The predicted octanol–water partition coefficient (Wildman–Crippen LogP) is 2.49. The number of fused-ring (bicyclic) bond motifs is 3. The molecule has 23 heavy (non-hydrogen) atoms. The van der Waals surface area contributed by atoms with Gasteiger partial charge in [-0.25, -0.2) is 4.98 Å². The second-order valence-corrected chi connectivity index (χ2v) is 6.79. The molecule has 3 aromatic rings.